The summed E-state index contributed by atoms with van der Waals surface area (Å²) in [7, 11) is 1.60. The van der Waals surface area contributed by atoms with Gasteiger partial charge in [-0.3, -0.25) is 4.79 Å². The largest absolute Gasteiger partial charge is 0.497 e. The molecule has 0 aromatic heterocycles. The Morgan fingerprint density at radius 3 is 2.32 bits per heavy atom. The molecule has 1 unspecified atom stereocenters. The quantitative estimate of drug-likeness (QED) is 0.356. The molecule has 1 saturated heterocycles. The lowest BCUT2D eigenvalue weighted by Crippen LogP contribution is -2.30. The minimum Gasteiger partial charge on any atom is -0.497 e. The molecule has 1 amide bonds. The molecular formula is C28H25ClF3N3O2. The number of rotatable bonds is 6. The molecule has 9 heteroatoms. The second-order valence-electron chi connectivity index (χ2n) is 8.55. The first-order chi connectivity index (χ1) is 17.7. The SMILES string of the molecule is COc1ccc(C2CCCN2C(=O)c2ccc(C(C=C(N)C(F)(F)F)=Nc3ccccc3Cl)cc2)cc1. The van der Waals surface area contributed by atoms with Crippen LogP contribution in [0, 0.1) is 0 Å². The van der Waals surface area contributed by atoms with Crippen LogP contribution in [0.3, 0.4) is 0 Å². The van der Waals surface area contributed by atoms with Crippen molar-refractivity contribution in [3.63, 3.8) is 0 Å². The highest BCUT2D eigenvalue weighted by molar-refractivity contribution is 6.33. The van der Waals surface area contributed by atoms with Gasteiger partial charge in [-0.05, 0) is 60.9 Å². The topological polar surface area (TPSA) is 67.9 Å². The fourth-order valence-electron chi connectivity index (χ4n) is 4.21. The number of methoxy groups -OCH3 is 1. The van der Waals surface area contributed by atoms with Crippen molar-refractivity contribution in [3.8, 4) is 5.75 Å². The Labute approximate surface area is 218 Å². The Bertz CT molecular complexity index is 1320. The highest BCUT2D eigenvalue weighted by Crippen LogP contribution is 2.34. The zero-order valence-electron chi connectivity index (χ0n) is 20.0. The van der Waals surface area contributed by atoms with Crippen LogP contribution >= 0.6 is 11.6 Å². The zero-order chi connectivity index (χ0) is 26.6. The first-order valence-electron chi connectivity index (χ1n) is 11.6. The summed E-state index contributed by atoms with van der Waals surface area (Å²) in [6.07, 6.45) is -2.24. The number of amides is 1. The van der Waals surface area contributed by atoms with Gasteiger partial charge in [0.1, 0.15) is 11.4 Å². The smallest absolute Gasteiger partial charge is 0.430 e. The number of likely N-dealkylation sites (tertiary alicyclic amines) is 1. The van der Waals surface area contributed by atoms with E-state index in [1.807, 2.05) is 29.2 Å². The van der Waals surface area contributed by atoms with E-state index in [-0.39, 0.29) is 22.7 Å². The highest BCUT2D eigenvalue weighted by atomic mass is 35.5. The minimum atomic E-state index is -4.72. The molecule has 1 aliphatic rings. The predicted octanol–water partition coefficient (Wildman–Crippen LogP) is 6.85. The molecule has 1 heterocycles. The lowest BCUT2D eigenvalue weighted by molar-refractivity contribution is -0.0925. The summed E-state index contributed by atoms with van der Waals surface area (Å²) in [5.74, 6) is 0.587. The average molecular weight is 528 g/mol. The van der Waals surface area contributed by atoms with Gasteiger partial charge in [0.2, 0.25) is 0 Å². The minimum absolute atomic E-state index is 0.0285. The van der Waals surface area contributed by atoms with Crippen LogP contribution in [0.2, 0.25) is 5.02 Å². The van der Waals surface area contributed by atoms with Gasteiger partial charge in [0.15, 0.2) is 0 Å². The van der Waals surface area contributed by atoms with Crippen molar-refractivity contribution in [1.29, 1.82) is 0 Å². The second kappa shape index (κ2) is 11.1. The van der Waals surface area contributed by atoms with Crippen molar-refractivity contribution in [2.24, 2.45) is 10.7 Å². The van der Waals surface area contributed by atoms with Crippen LogP contribution in [0.25, 0.3) is 0 Å². The number of nitrogens with zero attached hydrogens (tertiary/aromatic N) is 2. The molecule has 192 valence electrons. The second-order valence-corrected chi connectivity index (χ2v) is 8.96. The van der Waals surface area contributed by atoms with E-state index in [4.69, 9.17) is 22.1 Å². The molecule has 37 heavy (non-hydrogen) atoms. The first kappa shape index (κ1) is 26.3. The van der Waals surface area contributed by atoms with E-state index in [1.54, 1.807) is 55.6 Å². The highest BCUT2D eigenvalue weighted by Gasteiger charge is 2.32. The Hall–Kier alpha value is -3.78. The van der Waals surface area contributed by atoms with Gasteiger partial charge in [0.05, 0.1) is 29.6 Å². The van der Waals surface area contributed by atoms with Crippen LogP contribution < -0.4 is 10.5 Å². The molecule has 1 aliphatic heterocycles. The van der Waals surface area contributed by atoms with Crippen LogP contribution in [-0.4, -0.2) is 36.3 Å². The molecule has 1 atom stereocenters. The number of carbonyl (C=O) groups is 1. The van der Waals surface area contributed by atoms with Crippen molar-refractivity contribution in [2.75, 3.05) is 13.7 Å². The van der Waals surface area contributed by atoms with Gasteiger partial charge in [-0.1, -0.05) is 48.0 Å². The van der Waals surface area contributed by atoms with Crippen molar-refractivity contribution in [1.82, 2.24) is 4.90 Å². The van der Waals surface area contributed by atoms with Crippen molar-refractivity contribution in [3.05, 3.63) is 106 Å². The summed E-state index contributed by atoms with van der Waals surface area (Å²) in [6.45, 7) is 0.612. The van der Waals surface area contributed by atoms with Gasteiger partial charge in [0, 0.05) is 17.7 Å². The molecule has 0 saturated carbocycles. The number of carbonyl (C=O) groups excluding carboxylic acids is 1. The molecule has 1 fully saturated rings. The number of allylic oxidation sites excluding steroid dienone is 2. The monoisotopic (exact) mass is 527 g/mol. The number of benzene rings is 3. The number of hydrogen-bond acceptors (Lipinski definition) is 4. The molecular weight excluding hydrogens is 503 g/mol. The number of ether oxygens (including phenoxy) is 1. The summed E-state index contributed by atoms with van der Waals surface area (Å²) in [5, 5.41) is 0.282. The van der Waals surface area contributed by atoms with Crippen molar-refractivity contribution in [2.45, 2.75) is 25.1 Å². The molecule has 0 radical (unpaired) electrons. The van der Waals surface area contributed by atoms with Gasteiger partial charge in [-0.15, -0.1) is 0 Å². The fraction of sp³-hybridized carbons (Fsp3) is 0.214. The van der Waals surface area contributed by atoms with E-state index in [2.05, 4.69) is 4.99 Å². The maximum Gasteiger partial charge on any atom is 0.430 e. The lowest BCUT2D eigenvalue weighted by atomic mass is 10.0. The number of alkyl halides is 3. The number of aliphatic imine (C=N–C) groups is 1. The summed E-state index contributed by atoms with van der Waals surface area (Å²) >= 11 is 6.16. The number of halogens is 4. The molecule has 0 aliphatic carbocycles. The standard InChI is InChI=1S/C28H25ClF3N3O2/c1-37-21-14-12-19(13-15-21)25-7-4-16-35(25)27(36)20-10-8-18(9-11-20)24(17-26(33)28(30,31)32)34-23-6-3-2-5-22(23)29/h2-3,5-6,8-15,17,25H,4,7,16,33H2,1H3. The van der Waals surface area contributed by atoms with Crippen LogP contribution in [0.15, 0.2) is 89.6 Å². The molecule has 5 nitrogen and oxygen atoms in total. The maximum absolute atomic E-state index is 13.4. The molecule has 0 bridgehead atoms. The molecule has 4 rings (SSSR count). The van der Waals surface area contributed by atoms with E-state index in [0.29, 0.717) is 23.4 Å². The van der Waals surface area contributed by atoms with Crippen LogP contribution in [0.1, 0.15) is 40.4 Å². The van der Waals surface area contributed by atoms with Gasteiger partial charge in [-0.25, -0.2) is 4.99 Å². The van der Waals surface area contributed by atoms with E-state index in [0.717, 1.165) is 30.2 Å². The third-order valence-electron chi connectivity index (χ3n) is 6.15. The lowest BCUT2D eigenvalue weighted by Gasteiger charge is -2.25. The van der Waals surface area contributed by atoms with Crippen molar-refractivity contribution < 1.29 is 22.7 Å². The summed E-state index contributed by atoms with van der Waals surface area (Å²) < 4.78 is 44.7. The molecule has 3 aromatic carbocycles. The van der Waals surface area contributed by atoms with Crippen LogP contribution in [-0.2, 0) is 0 Å². The van der Waals surface area contributed by atoms with Crippen LogP contribution in [0.5, 0.6) is 5.75 Å². The fourth-order valence-corrected chi connectivity index (χ4v) is 4.39. The number of nitrogens with two attached hydrogens (primary N) is 1. The average Bonchev–Trinajstić information content (AvgIpc) is 3.38. The normalized spacial score (nSPS) is 16.7. The molecule has 3 aromatic rings. The Balaban J connectivity index is 1.62. The summed E-state index contributed by atoms with van der Waals surface area (Å²) in [5.41, 5.74) is 6.06. The van der Waals surface area contributed by atoms with Gasteiger partial charge >= 0.3 is 6.18 Å². The number of para-hydroxylation sites is 1. The molecule has 2 N–H and O–H groups in total. The third kappa shape index (κ3) is 6.14. The van der Waals surface area contributed by atoms with E-state index < -0.39 is 11.9 Å². The summed E-state index contributed by atoms with van der Waals surface area (Å²) in [4.78, 5) is 19.5. The van der Waals surface area contributed by atoms with E-state index in [1.165, 1.54) is 0 Å². The van der Waals surface area contributed by atoms with E-state index >= 15 is 0 Å². The predicted molar refractivity (Wildman–Crippen MR) is 138 cm³/mol. The zero-order valence-corrected chi connectivity index (χ0v) is 20.8. The van der Waals surface area contributed by atoms with E-state index in [9.17, 15) is 18.0 Å². The van der Waals surface area contributed by atoms with Crippen molar-refractivity contribution >= 4 is 28.9 Å². The van der Waals surface area contributed by atoms with Gasteiger partial charge < -0.3 is 15.4 Å². The van der Waals surface area contributed by atoms with Gasteiger partial charge in [0.25, 0.3) is 5.91 Å². The third-order valence-corrected chi connectivity index (χ3v) is 6.47. The first-order valence-corrected chi connectivity index (χ1v) is 12.0. The summed E-state index contributed by atoms with van der Waals surface area (Å²) in [6, 6.07) is 20.4. The number of hydrogen-bond donors (Lipinski definition) is 1. The molecule has 0 spiro atoms. The maximum atomic E-state index is 13.4. The van der Waals surface area contributed by atoms with Gasteiger partial charge in [-0.2, -0.15) is 13.2 Å². The van der Waals surface area contributed by atoms with Crippen LogP contribution in [0.4, 0.5) is 18.9 Å². The Morgan fingerprint density at radius 2 is 1.70 bits per heavy atom. The Morgan fingerprint density at radius 1 is 1.05 bits per heavy atom. The Kier molecular flexibility index (Phi) is 7.88.